The van der Waals surface area contributed by atoms with E-state index in [4.69, 9.17) is 4.74 Å². The van der Waals surface area contributed by atoms with Crippen LogP contribution < -0.4 is 10.2 Å². The summed E-state index contributed by atoms with van der Waals surface area (Å²) in [7, 11) is 0. The molecule has 2 saturated heterocycles. The van der Waals surface area contributed by atoms with E-state index >= 15 is 0 Å². The number of carbonyl (C=O) groups is 2. The molecule has 7 nitrogen and oxygen atoms in total. The third-order valence-electron chi connectivity index (χ3n) is 5.77. The topological polar surface area (TPSA) is 83.3 Å². The first-order valence-corrected chi connectivity index (χ1v) is 9.42. The van der Waals surface area contributed by atoms with Crippen molar-refractivity contribution in [2.75, 3.05) is 39.4 Å². The van der Waals surface area contributed by atoms with E-state index in [0.717, 1.165) is 37.1 Å². The van der Waals surface area contributed by atoms with Gasteiger partial charge in [0.25, 0.3) is 5.91 Å². The van der Waals surface area contributed by atoms with Crippen LogP contribution in [-0.2, 0) is 21.5 Å². The summed E-state index contributed by atoms with van der Waals surface area (Å²) < 4.78 is 5.33. The Hall–Kier alpha value is -1.96. The molecule has 3 aliphatic rings. The number of rotatable bonds is 4. The minimum atomic E-state index is -0.961. The van der Waals surface area contributed by atoms with Gasteiger partial charge in [0.15, 0.2) is 0 Å². The average Bonchev–Trinajstić information content (AvgIpc) is 2.88. The zero-order chi connectivity index (χ0) is 18.1. The van der Waals surface area contributed by atoms with Gasteiger partial charge < -0.3 is 20.1 Å². The molecule has 2 fully saturated rings. The molecule has 2 atom stereocenters. The number of quaternary nitrogens is 1. The lowest BCUT2D eigenvalue weighted by atomic mass is 9.76. The number of nitrogens with one attached hydrogen (secondary N) is 2. The number of carbonyl (C=O) groups excluding carboxylic acids is 2. The van der Waals surface area contributed by atoms with E-state index in [1.54, 1.807) is 0 Å². The monoisotopic (exact) mass is 360 g/mol. The SMILES string of the molecule is O=C1N[C@@]2(CCCc3ccccc32)C(=O)N1C[C@H](O)C[NH+]1CCOCC1. The summed E-state index contributed by atoms with van der Waals surface area (Å²) >= 11 is 0. The van der Waals surface area contributed by atoms with Crippen molar-refractivity contribution in [1.29, 1.82) is 0 Å². The molecule has 2 heterocycles. The molecule has 1 aromatic carbocycles. The number of aliphatic hydroxyl groups excluding tert-OH is 1. The summed E-state index contributed by atoms with van der Waals surface area (Å²) in [4.78, 5) is 28.2. The van der Waals surface area contributed by atoms with Crippen molar-refractivity contribution in [3.05, 3.63) is 35.4 Å². The van der Waals surface area contributed by atoms with E-state index in [1.807, 2.05) is 24.3 Å². The Morgan fingerprint density at radius 1 is 1.27 bits per heavy atom. The molecule has 2 aliphatic heterocycles. The number of amides is 3. The summed E-state index contributed by atoms with van der Waals surface area (Å²) in [5.74, 6) is -0.231. The zero-order valence-electron chi connectivity index (χ0n) is 14.9. The van der Waals surface area contributed by atoms with E-state index in [0.29, 0.717) is 26.2 Å². The van der Waals surface area contributed by atoms with Crippen molar-refractivity contribution in [1.82, 2.24) is 10.2 Å². The van der Waals surface area contributed by atoms with Crippen molar-refractivity contribution in [3.8, 4) is 0 Å². The molecule has 0 aromatic heterocycles. The number of ether oxygens (including phenoxy) is 1. The number of nitrogens with zero attached hydrogens (tertiary/aromatic N) is 1. The summed E-state index contributed by atoms with van der Waals surface area (Å²) in [5.41, 5.74) is 1.06. The molecular formula is C19H26N3O4+. The van der Waals surface area contributed by atoms with Gasteiger partial charge in [0.2, 0.25) is 0 Å². The Kier molecular flexibility index (Phi) is 4.69. The van der Waals surface area contributed by atoms with Gasteiger partial charge in [-0.2, -0.15) is 0 Å². The Morgan fingerprint density at radius 3 is 2.85 bits per heavy atom. The number of hydrogen-bond acceptors (Lipinski definition) is 4. The second kappa shape index (κ2) is 6.98. The number of imide groups is 1. The molecular weight excluding hydrogens is 334 g/mol. The summed E-state index contributed by atoms with van der Waals surface area (Å²) in [6, 6.07) is 7.43. The molecule has 3 amide bonds. The van der Waals surface area contributed by atoms with Crippen molar-refractivity contribution in [2.24, 2.45) is 0 Å². The fourth-order valence-corrected chi connectivity index (χ4v) is 4.45. The summed E-state index contributed by atoms with van der Waals surface area (Å²) in [6.45, 7) is 3.61. The zero-order valence-corrected chi connectivity index (χ0v) is 14.9. The van der Waals surface area contributed by atoms with Crippen molar-refractivity contribution in [3.63, 3.8) is 0 Å². The van der Waals surface area contributed by atoms with Gasteiger partial charge in [-0.05, 0) is 30.4 Å². The maximum absolute atomic E-state index is 13.2. The standard InChI is InChI=1S/C19H25N3O4/c23-15(12-21-8-10-26-11-9-21)13-22-17(24)19(20-18(22)25)7-3-5-14-4-1-2-6-16(14)19/h1-2,4,6,15,23H,3,5,7-13H2,(H,20,25)/p+1/t15-,19-/m1/s1. The normalized spacial score (nSPS) is 27.5. The van der Waals surface area contributed by atoms with Gasteiger partial charge in [-0.25, -0.2) is 4.79 Å². The highest BCUT2D eigenvalue weighted by molar-refractivity contribution is 6.07. The van der Waals surface area contributed by atoms with Crippen LogP contribution >= 0.6 is 0 Å². The highest BCUT2D eigenvalue weighted by Crippen LogP contribution is 2.39. The Morgan fingerprint density at radius 2 is 2.04 bits per heavy atom. The van der Waals surface area contributed by atoms with Crippen LogP contribution in [0, 0.1) is 0 Å². The molecule has 140 valence electrons. The van der Waals surface area contributed by atoms with Gasteiger partial charge in [-0.15, -0.1) is 0 Å². The minimum absolute atomic E-state index is 0.0406. The fourth-order valence-electron chi connectivity index (χ4n) is 4.45. The number of benzene rings is 1. The number of aliphatic hydroxyl groups is 1. The number of β-amino-alcohol motifs (C(OH)–C–C–N with tert-alkyl or cyclic N) is 1. The highest BCUT2D eigenvalue weighted by Gasteiger charge is 2.54. The van der Waals surface area contributed by atoms with Crippen LogP contribution in [0.15, 0.2) is 24.3 Å². The third kappa shape index (κ3) is 3.00. The molecule has 0 radical (unpaired) electrons. The Balaban J connectivity index is 1.49. The van der Waals surface area contributed by atoms with Crippen LogP contribution in [0.5, 0.6) is 0 Å². The van der Waals surface area contributed by atoms with Gasteiger partial charge >= 0.3 is 6.03 Å². The van der Waals surface area contributed by atoms with Crippen LogP contribution in [0.1, 0.15) is 24.0 Å². The van der Waals surface area contributed by atoms with Gasteiger partial charge in [0.05, 0.1) is 19.8 Å². The third-order valence-corrected chi connectivity index (χ3v) is 5.77. The second-order valence-corrected chi connectivity index (χ2v) is 7.48. The van der Waals surface area contributed by atoms with Crippen molar-refractivity contribution < 1.29 is 24.3 Å². The van der Waals surface area contributed by atoms with Gasteiger partial charge in [-0.1, -0.05) is 24.3 Å². The molecule has 3 N–H and O–H groups in total. The predicted molar refractivity (Wildman–Crippen MR) is 93.7 cm³/mol. The molecule has 4 rings (SSSR count). The van der Waals surface area contributed by atoms with E-state index in [1.165, 1.54) is 9.80 Å². The number of urea groups is 1. The lowest BCUT2D eigenvalue weighted by molar-refractivity contribution is -0.910. The molecule has 7 heteroatoms. The van der Waals surface area contributed by atoms with Gasteiger partial charge in [0, 0.05) is 0 Å². The van der Waals surface area contributed by atoms with E-state index < -0.39 is 17.7 Å². The van der Waals surface area contributed by atoms with Crippen LogP contribution in [0.4, 0.5) is 4.79 Å². The maximum Gasteiger partial charge on any atom is 0.325 e. The Bertz CT molecular complexity index is 704. The van der Waals surface area contributed by atoms with Crippen LogP contribution in [-0.4, -0.2) is 67.4 Å². The molecule has 1 aliphatic carbocycles. The lowest BCUT2D eigenvalue weighted by Crippen LogP contribution is -3.15. The molecule has 1 spiro atoms. The second-order valence-electron chi connectivity index (χ2n) is 7.48. The van der Waals surface area contributed by atoms with Crippen LogP contribution in [0.25, 0.3) is 0 Å². The fraction of sp³-hybridized carbons (Fsp3) is 0.579. The first-order valence-electron chi connectivity index (χ1n) is 9.42. The summed E-state index contributed by atoms with van der Waals surface area (Å²) in [5, 5.41) is 13.4. The number of fused-ring (bicyclic) bond motifs is 2. The number of aryl methyl sites for hydroxylation is 1. The molecule has 26 heavy (non-hydrogen) atoms. The minimum Gasteiger partial charge on any atom is -0.385 e. The first-order chi connectivity index (χ1) is 12.6. The Labute approximate surface area is 152 Å². The molecule has 1 aromatic rings. The number of morpholine rings is 1. The smallest absolute Gasteiger partial charge is 0.325 e. The van der Waals surface area contributed by atoms with Crippen LogP contribution in [0.3, 0.4) is 0 Å². The van der Waals surface area contributed by atoms with Crippen molar-refractivity contribution in [2.45, 2.75) is 30.9 Å². The average molecular weight is 360 g/mol. The van der Waals surface area contributed by atoms with E-state index in [2.05, 4.69) is 5.32 Å². The maximum atomic E-state index is 13.2. The predicted octanol–water partition coefficient (Wildman–Crippen LogP) is -0.954. The van der Waals surface area contributed by atoms with Gasteiger partial charge in [-0.3, -0.25) is 9.69 Å². The van der Waals surface area contributed by atoms with E-state index in [-0.39, 0.29) is 12.5 Å². The largest absolute Gasteiger partial charge is 0.385 e. The highest BCUT2D eigenvalue weighted by atomic mass is 16.5. The molecule has 0 unspecified atom stereocenters. The van der Waals surface area contributed by atoms with E-state index in [9.17, 15) is 14.7 Å². The molecule has 0 saturated carbocycles. The lowest BCUT2D eigenvalue weighted by Gasteiger charge is -2.33. The van der Waals surface area contributed by atoms with Crippen LogP contribution in [0.2, 0.25) is 0 Å². The van der Waals surface area contributed by atoms with Gasteiger partial charge in [0.1, 0.15) is 31.3 Å². The first kappa shape index (κ1) is 17.5. The van der Waals surface area contributed by atoms with Crippen molar-refractivity contribution >= 4 is 11.9 Å². The quantitative estimate of drug-likeness (QED) is 0.605. The summed E-state index contributed by atoms with van der Waals surface area (Å²) in [6.07, 6.45) is 1.66. The molecule has 0 bridgehead atoms. The number of hydrogen-bond donors (Lipinski definition) is 3.